The molecule has 0 spiro atoms. The van der Waals surface area contributed by atoms with Crippen molar-refractivity contribution >= 4 is 17.5 Å². The van der Waals surface area contributed by atoms with Crippen molar-refractivity contribution in [3.05, 3.63) is 58.6 Å². The number of hydrogen-bond acceptors (Lipinski definition) is 4. The van der Waals surface area contributed by atoms with Crippen LogP contribution in [-0.2, 0) is 0 Å². The third-order valence-corrected chi connectivity index (χ3v) is 5.53. The summed E-state index contributed by atoms with van der Waals surface area (Å²) in [5, 5.41) is 16.2. The number of hydrogen-bond donors (Lipinski definition) is 2. The maximum atomic E-state index is 12.6. The SMILES string of the molecule is N#Cc1ccccc1Oc1ccc(C(=O)NC2CC3CC[C@@H](C2)N3)cc1Cl. The minimum Gasteiger partial charge on any atom is -0.454 e. The van der Waals surface area contributed by atoms with E-state index in [1.807, 2.05) is 0 Å². The highest BCUT2D eigenvalue weighted by molar-refractivity contribution is 6.32. The molecule has 0 radical (unpaired) electrons. The van der Waals surface area contributed by atoms with Gasteiger partial charge in [-0.2, -0.15) is 5.26 Å². The fourth-order valence-corrected chi connectivity index (χ4v) is 4.15. The van der Waals surface area contributed by atoms with E-state index in [1.54, 1.807) is 42.5 Å². The molecule has 2 aromatic rings. The summed E-state index contributed by atoms with van der Waals surface area (Å²) >= 11 is 6.32. The van der Waals surface area contributed by atoms with E-state index in [4.69, 9.17) is 21.6 Å². The Labute approximate surface area is 163 Å². The summed E-state index contributed by atoms with van der Waals surface area (Å²) in [7, 11) is 0. The predicted octanol–water partition coefficient (Wildman–Crippen LogP) is 4.02. The molecule has 2 aromatic carbocycles. The minimum absolute atomic E-state index is 0.118. The topological polar surface area (TPSA) is 74.1 Å². The van der Waals surface area contributed by atoms with Gasteiger partial charge in [-0.3, -0.25) is 4.79 Å². The Morgan fingerprint density at radius 2 is 1.89 bits per heavy atom. The zero-order valence-electron chi connectivity index (χ0n) is 14.7. The molecule has 2 unspecified atom stereocenters. The lowest BCUT2D eigenvalue weighted by Crippen LogP contribution is -2.48. The van der Waals surface area contributed by atoms with Crippen molar-refractivity contribution in [1.82, 2.24) is 10.6 Å². The summed E-state index contributed by atoms with van der Waals surface area (Å²) in [6.45, 7) is 0. The van der Waals surface area contributed by atoms with Gasteiger partial charge in [0.05, 0.1) is 10.6 Å². The first kappa shape index (κ1) is 17.8. The summed E-state index contributed by atoms with van der Waals surface area (Å²) in [6.07, 6.45) is 4.34. The van der Waals surface area contributed by atoms with E-state index in [0.29, 0.717) is 39.7 Å². The summed E-state index contributed by atoms with van der Waals surface area (Å²) in [4.78, 5) is 12.6. The highest BCUT2D eigenvalue weighted by Crippen LogP contribution is 2.32. The second kappa shape index (κ2) is 7.59. The molecule has 0 aliphatic carbocycles. The Morgan fingerprint density at radius 3 is 2.59 bits per heavy atom. The number of benzene rings is 2. The molecule has 4 rings (SSSR count). The highest BCUT2D eigenvalue weighted by Gasteiger charge is 2.34. The van der Waals surface area contributed by atoms with Gasteiger partial charge in [0.25, 0.3) is 5.91 Å². The number of para-hydroxylation sites is 1. The van der Waals surface area contributed by atoms with Gasteiger partial charge in [-0.25, -0.2) is 0 Å². The van der Waals surface area contributed by atoms with Crippen molar-refractivity contribution in [2.24, 2.45) is 0 Å². The van der Waals surface area contributed by atoms with Gasteiger partial charge in [0.1, 0.15) is 17.6 Å². The Morgan fingerprint density at radius 1 is 1.15 bits per heavy atom. The van der Waals surface area contributed by atoms with Gasteiger partial charge < -0.3 is 15.4 Å². The average molecular weight is 382 g/mol. The van der Waals surface area contributed by atoms with E-state index in [9.17, 15) is 4.79 Å². The largest absolute Gasteiger partial charge is 0.454 e. The van der Waals surface area contributed by atoms with E-state index < -0.39 is 0 Å². The Balaban J connectivity index is 1.45. The number of nitrogens with one attached hydrogen (secondary N) is 2. The first-order valence-electron chi connectivity index (χ1n) is 9.16. The van der Waals surface area contributed by atoms with Crippen molar-refractivity contribution in [3.63, 3.8) is 0 Å². The lowest BCUT2D eigenvalue weighted by Gasteiger charge is -2.29. The number of halogens is 1. The summed E-state index contributed by atoms with van der Waals surface area (Å²) < 4.78 is 5.76. The summed E-state index contributed by atoms with van der Waals surface area (Å²) in [5.41, 5.74) is 0.933. The van der Waals surface area contributed by atoms with Crippen molar-refractivity contribution in [3.8, 4) is 17.6 Å². The third kappa shape index (κ3) is 3.92. The Hall–Kier alpha value is -2.55. The van der Waals surface area contributed by atoms with Crippen molar-refractivity contribution in [2.75, 3.05) is 0 Å². The van der Waals surface area contributed by atoms with Crippen LogP contribution in [0, 0.1) is 11.3 Å². The second-order valence-electron chi connectivity index (χ2n) is 7.13. The van der Waals surface area contributed by atoms with Crippen LogP contribution in [0.4, 0.5) is 0 Å². The summed E-state index contributed by atoms with van der Waals surface area (Å²) in [6, 6.07) is 15.2. The molecule has 2 fully saturated rings. The molecule has 2 saturated heterocycles. The van der Waals surface area contributed by atoms with Crippen LogP contribution < -0.4 is 15.4 Å². The zero-order chi connectivity index (χ0) is 18.8. The van der Waals surface area contributed by atoms with Gasteiger partial charge in [-0.05, 0) is 56.0 Å². The van der Waals surface area contributed by atoms with Crippen LogP contribution in [0.25, 0.3) is 0 Å². The van der Waals surface area contributed by atoms with Gasteiger partial charge >= 0.3 is 0 Å². The Kier molecular flexibility index (Phi) is 5.02. The predicted molar refractivity (Wildman–Crippen MR) is 103 cm³/mol. The average Bonchev–Trinajstić information content (AvgIpc) is 3.02. The van der Waals surface area contributed by atoms with Crippen LogP contribution in [0.3, 0.4) is 0 Å². The molecule has 2 aliphatic heterocycles. The van der Waals surface area contributed by atoms with Gasteiger partial charge in [-0.1, -0.05) is 23.7 Å². The monoisotopic (exact) mass is 381 g/mol. The van der Waals surface area contributed by atoms with Crippen LogP contribution in [0.1, 0.15) is 41.6 Å². The standard InChI is InChI=1S/C21H20ClN3O2/c22-18-9-13(21(26)25-17-10-15-6-7-16(11-17)24-15)5-8-20(18)27-19-4-2-1-3-14(19)12-23/h1-5,8-9,15-17,24H,6-7,10-11H2,(H,25,26)/t15-,16?,17?/m0/s1. The maximum absolute atomic E-state index is 12.6. The number of carbonyl (C=O) groups excluding carboxylic acids is 1. The summed E-state index contributed by atoms with van der Waals surface area (Å²) in [5.74, 6) is 0.729. The second-order valence-corrected chi connectivity index (χ2v) is 7.54. The molecule has 0 aromatic heterocycles. The fourth-order valence-electron chi connectivity index (χ4n) is 3.94. The van der Waals surface area contributed by atoms with Crippen molar-refractivity contribution < 1.29 is 9.53 Å². The van der Waals surface area contributed by atoms with E-state index >= 15 is 0 Å². The molecule has 2 heterocycles. The van der Waals surface area contributed by atoms with Crippen LogP contribution in [0.2, 0.25) is 5.02 Å². The van der Waals surface area contributed by atoms with Crippen molar-refractivity contribution in [2.45, 2.75) is 43.8 Å². The third-order valence-electron chi connectivity index (χ3n) is 5.23. The van der Waals surface area contributed by atoms with E-state index in [0.717, 1.165) is 12.8 Å². The number of rotatable bonds is 4. The molecule has 1 amide bonds. The molecule has 27 heavy (non-hydrogen) atoms. The molecule has 138 valence electrons. The first-order valence-corrected chi connectivity index (χ1v) is 9.53. The lowest BCUT2D eigenvalue weighted by molar-refractivity contribution is 0.0924. The lowest BCUT2D eigenvalue weighted by atomic mass is 9.99. The molecule has 6 heteroatoms. The van der Waals surface area contributed by atoms with Crippen LogP contribution in [0.5, 0.6) is 11.5 Å². The number of carbonyl (C=O) groups is 1. The number of fused-ring (bicyclic) bond motifs is 2. The van der Waals surface area contributed by atoms with Gasteiger partial charge in [0.15, 0.2) is 0 Å². The molecular weight excluding hydrogens is 362 g/mol. The van der Waals surface area contributed by atoms with Crippen LogP contribution in [0.15, 0.2) is 42.5 Å². The molecule has 2 N–H and O–H groups in total. The molecule has 3 atom stereocenters. The molecule has 0 saturated carbocycles. The van der Waals surface area contributed by atoms with E-state index in [1.165, 1.54) is 12.8 Å². The maximum Gasteiger partial charge on any atom is 0.251 e. The normalized spacial score (nSPS) is 23.5. The van der Waals surface area contributed by atoms with E-state index in [2.05, 4.69) is 16.7 Å². The van der Waals surface area contributed by atoms with Gasteiger partial charge in [0, 0.05) is 23.7 Å². The zero-order valence-corrected chi connectivity index (χ0v) is 15.5. The van der Waals surface area contributed by atoms with Crippen LogP contribution in [-0.4, -0.2) is 24.0 Å². The molecule has 5 nitrogen and oxygen atoms in total. The molecular formula is C21H20ClN3O2. The number of nitriles is 1. The number of nitrogens with zero attached hydrogens (tertiary/aromatic N) is 1. The van der Waals surface area contributed by atoms with E-state index in [-0.39, 0.29) is 11.9 Å². The minimum atomic E-state index is -0.118. The number of piperidine rings is 1. The van der Waals surface area contributed by atoms with Crippen molar-refractivity contribution in [1.29, 1.82) is 5.26 Å². The number of amides is 1. The number of ether oxygens (including phenoxy) is 1. The molecule has 2 bridgehead atoms. The highest BCUT2D eigenvalue weighted by atomic mass is 35.5. The smallest absolute Gasteiger partial charge is 0.251 e. The van der Waals surface area contributed by atoms with Crippen LogP contribution >= 0.6 is 11.6 Å². The Bertz CT molecular complexity index is 897. The first-order chi connectivity index (χ1) is 13.1. The van der Waals surface area contributed by atoms with Gasteiger partial charge in [0.2, 0.25) is 0 Å². The molecule has 2 aliphatic rings. The quantitative estimate of drug-likeness (QED) is 0.838. The van der Waals surface area contributed by atoms with Gasteiger partial charge in [-0.15, -0.1) is 0 Å². The fraction of sp³-hybridized carbons (Fsp3) is 0.333.